The van der Waals surface area contributed by atoms with Crippen molar-refractivity contribution in [1.82, 2.24) is 0 Å². The molecule has 1 unspecified atom stereocenters. The van der Waals surface area contributed by atoms with Crippen LogP contribution in [0.2, 0.25) is 0 Å². The summed E-state index contributed by atoms with van der Waals surface area (Å²) in [5.41, 5.74) is 1.74. The van der Waals surface area contributed by atoms with E-state index in [0.29, 0.717) is 5.56 Å². The first kappa shape index (κ1) is 11.9. The van der Waals surface area contributed by atoms with E-state index in [4.69, 9.17) is 5.26 Å². The fourth-order valence-corrected chi connectivity index (χ4v) is 2.31. The number of anilines is 1. The Morgan fingerprint density at radius 1 is 1.35 bits per heavy atom. The van der Waals surface area contributed by atoms with Crippen molar-refractivity contribution in [3.8, 4) is 6.07 Å². The molecule has 0 saturated carbocycles. The molecule has 3 heteroatoms. The average Bonchev–Trinajstić information content (AvgIpc) is 2.33. The molecule has 1 atom stereocenters. The van der Waals surface area contributed by atoms with Crippen LogP contribution in [0.15, 0.2) is 24.3 Å². The number of hydrogen-bond acceptors (Lipinski definition) is 3. The van der Waals surface area contributed by atoms with E-state index >= 15 is 0 Å². The van der Waals surface area contributed by atoms with Crippen LogP contribution in [-0.4, -0.2) is 24.3 Å². The molecule has 1 aliphatic heterocycles. The third kappa shape index (κ3) is 2.42. The minimum absolute atomic E-state index is 0.0772. The number of hydrogen-bond donors (Lipinski definition) is 1. The molecule has 1 saturated heterocycles. The van der Waals surface area contributed by atoms with Gasteiger partial charge in [0.1, 0.15) is 0 Å². The van der Waals surface area contributed by atoms with Gasteiger partial charge in [-0.2, -0.15) is 5.26 Å². The summed E-state index contributed by atoms with van der Waals surface area (Å²) in [4.78, 5) is 2.27. The highest BCUT2D eigenvalue weighted by molar-refractivity contribution is 5.50. The van der Waals surface area contributed by atoms with E-state index < -0.39 is 0 Å². The summed E-state index contributed by atoms with van der Waals surface area (Å²) in [5.74, 6) is 0. The summed E-state index contributed by atoms with van der Waals surface area (Å²) in [5, 5.41) is 18.7. The molecule has 1 aromatic carbocycles. The van der Waals surface area contributed by atoms with Crippen LogP contribution in [0.4, 0.5) is 5.69 Å². The number of aliphatic hydroxyl groups excluding tert-OH is 1. The molecule has 1 fully saturated rings. The number of nitriles is 1. The zero-order valence-corrected chi connectivity index (χ0v) is 10.3. The van der Waals surface area contributed by atoms with Gasteiger partial charge in [0, 0.05) is 24.2 Å². The molecule has 0 aliphatic carbocycles. The van der Waals surface area contributed by atoms with Gasteiger partial charge in [-0.3, -0.25) is 0 Å². The molecule has 0 amide bonds. The molecule has 1 N–H and O–H groups in total. The van der Waals surface area contributed by atoms with Crippen molar-refractivity contribution in [3.05, 3.63) is 29.8 Å². The van der Waals surface area contributed by atoms with Crippen LogP contribution in [0.1, 0.15) is 25.8 Å². The maximum Gasteiger partial charge on any atom is 0.0991 e. The van der Waals surface area contributed by atoms with Crippen molar-refractivity contribution in [1.29, 1.82) is 5.26 Å². The summed E-state index contributed by atoms with van der Waals surface area (Å²) in [6.45, 7) is 5.90. The summed E-state index contributed by atoms with van der Waals surface area (Å²) in [6, 6.07) is 9.76. The predicted octanol–water partition coefficient (Wildman–Crippen LogP) is 2.16. The summed E-state index contributed by atoms with van der Waals surface area (Å²) >= 11 is 0. The van der Waals surface area contributed by atoms with Crippen LogP contribution in [-0.2, 0) is 0 Å². The molecule has 90 valence electrons. The lowest BCUT2D eigenvalue weighted by Crippen LogP contribution is -2.48. The predicted molar refractivity (Wildman–Crippen MR) is 67.8 cm³/mol. The topological polar surface area (TPSA) is 47.3 Å². The number of nitrogens with zero attached hydrogens (tertiary/aromatic N) is 2. The van der Waals surface area contributed by atoms with E-state index in [9.17, 15) is 5.11 Å². The molecule has 1 heterocycles. The highest BCUT2D eigenvalue weighted by Gasteiger charge is 2.34. The average molecular weight is 230 g/mol. The molecule has 1 aromatic rings. The molecule has 1 aliphatic rings. The first-order valence-electron chi connectivity index (χ1n) is 5.96. The lowest BCUT2D eigenvalue weighted by Gasteiger charge is -2.43. The quantitative estimate of drug-likeness (QED) is 0.804. The Hall–Kier alpha value is -1.53. The molecular formula is C14H18N2O. The minimum Gasteiger partial charge on any atom is -0.392 e. The van der Waals surface area contributed by atoms with Gasteiger partial charge >= 0.3 is 0 Å². The standard InChI is InChI=1S/C14H18N2O/c1-14(2)10-16(8-7-13(14)17)12-5-3-11(9-15)4-6-12/h3-6,13,17H,7-8,10H2,1-2H3. The highest BCUT2D eigenvalue weighted by Crippen LogP contribution is 2.31. The molecule has 0 spiro atoms. The van der Waals surface area contributed by atoms with Crippen molar-refractivity contribution in [2.45, 2.75) is 26.4 Å². The van der Waals surface area contributed by atoms with Crippen LogP contribution >= 0.6 is 0 Å². The van der Waals surface area contributed by atoms with Gasteiger partial charge in [0.25, 0.3) is 0 Å². The van der Waals surface area contributed by atoms with E-state index in [0.717, 1.165) is 25.2 Å². The Morgan fingerprint density at radius 3 is 2.53 bits per heavy atom. The first-order valence-corrected chi connectivity index (χ1v) is 5.96. The second-order valence-electron chi connectivity index (χ2n) is 5.37. The van der Waals surface area contributed by atoms with Crippen molar-refractivity contribution >= 4 is 5.69 Å². The van der Waals surface area contributed by atoms with Gasteiger partial charge in [0.05, 0.1) is 17.7 Å². The molecule has 0 aromatic heterocycles. The van der Waals surface area contributed by atoms with E-state index in [1.165, 1.54) is 0 Å². The van der Waals surface area contributed by atoms with Crippen molar-refractivity contribution in [3.63, 3.8) is 0 Å². The van der Waals surface area contributed by atoms with Crippen LogP contribution in [0, 0.1) is 16.7 Å². The SMILES string of the molecule is CC1(C)CN(c2ccc(C#N)cc2)CCC1O. The maximum absolute atomic E-state index is 9.91. The first-order chi connectivity index (χ1) is 8.03. The normalized spacial score (nSPS) is 23.2. The Labute approximate surface area is 102 Å². The van der Waals surface area contributed by atoms with Gasteiger partial charge in [0.2, 0.25) is 0 Å². The molecule has 17 heavy (non-hydrogen) atoms. The van der Waals surface area contributed by atoms with E-state index in [2.05, 4.69) is 24.8 Å². The number of benzene rings is 1. The van der Waals surface area contributed by atoms with E-state index in [1.54, 1.807) is 0 Å². The third-order valence-electron chi connectivity index (χ3n) is 3.53. The van der Waals surface area contributed by atoms with Crippen LogP contribution in [0.3, 0.4) is 0 Å². The smallest absolute Gasteiger partial charge is 0.0991 e. The molecule has 0 bridgehead atoms. The fourth-order valence-electron chi connectivity index (χ4n) is 2.31. The number of rotatable bonds is 1. The lowest BCUT2D eigenvalue weighted by molar-refractivity contribution is 0.0336. The zero-order chi connectivity index (χ0) is 12.5. The van der Waals surface area contributed by atoms with Gasteiger partial charge in [-0.05, 0) is 30.7 Å². The van der Waals surface area contributed by atoms with Crippen molar-refractivity contribution in [2.24, 2.45) is 5.41 Å². The minimum atomic E-state index is -0.225. The second-order valence-corrected chi connectivity index (χ2v) is 5.37. The van der Waals surface area contributed by atoms with Crippen LogP contribution < -0.4 is 4.90 Å². The van der Waals surface area contributed by atoms with E-state index in [-0.39, 0.29) is 11.5 Å². The van der Waals surface area contributed by atoms with Gasteiger partial charge in [0.15, 0.2) is 0 Å². The van der Waals surface area contributed by atoms with Crippen molar-refractivity contribution in [2.75, 3.05) is 18.0 Å². The molecule has 2 rings (SSSR count). The van der Waals surface area contributed by atoms with Crippen molar-refractivity contribution < 1.29 is 5.11 Å². The van der Waals surface area contributed by atoms with Crippen LogP contribution in [0.5, 0.6) is 0 Å². The largest absolute Gasteiger partial charge is 0.392 e. The molecule has 0 radical (unpaired) electrons. The Bertz CT molecular complexity index is 431. The summed E-state index contributed by atoms with van der Waals surface area (Å²) in [6.07, 6.45) is 0.574. The highest BCUT2D eigenvalue weighted by atomic mass is 16.3. The third-order valence-corrected chi connectivity index (χ3v) is 3.53. The van der Waals surface area contributed by atoms with Gasteiger partial charge in [-0.1, -0.05) is 13.8 Å². The number of aliphatic hydroxyl groups is 1. The number of piperidine rings is 1. The van der Waals surface area contributed by atoms with E-state index in [1.807, 2.05) is 24.3 Å². The fraction of sp³-hybridized carbons (Fsp3) is 0.500. The van der Waals surface area contributed by atoms with Crippen LogP contribution in [0.25, 0.3) is 0 Å². The summed E-state index contributed by atoms with van der Waals surface area (Å²) < 4.78 is 0. The summed E-state index contributed by atoms with van der Waals surface area (Å²) in [7, 11) is 0. The Balaban J connectivity index is 2.15. The van der Waals surface area contributed by atoms with Gasteiger partial charge in [-0.15, -0.1) is 0 Å². The Kier molecular flexibility index (Phi) is 3.08. The second kappa shape index (κ2) is 4.38. The maximum atomic E-state index is 9.91. The lowest BCUT2D eigenvalue weighted by atomic mass is 9.81. The van der Waals surface area contributed by atoms with Gasteiger partial charge < -0.3 is 10.0 Å². The zero-order valence-electron chi connectivity index (χ0n) is 10.3. The molecule has 3 nitrogen and oxygen atoms in total. The molecular weight excluding hydrogens is 212 g/mol. The monoisotopic (exact) mass is 230 g/mol. The van der Waals surface area contributed by atoms with Gasteiger partial charge in [-0.25, -0.2) is 0 Å². The Morgan fingerprint density at radius 2 is 2.00 bits per heavy atom.